The number of hydrogen-bond donors (Lipinski definition) is 1. The van der Waals surface area contributed by atoms with E-state index in [0.717, 1.165) is 31.3 Å². The van der Waals surface area contributed by atoms with Crippen molar-refractivity contribution in [3.8, 4) is 11.3 Å². The summed E-state index contributed by atoms with van der Waals surface area (Å²) in [5, 5.41) is 3.04. The van der Waals surface area contributed by atoms with Gasteiger partial charge in [0.25, 0.3) is 0 Å². The highest BCUT2D eigenvalue weighted by Crippen LogP contribution is 2.30. The van der Waals surface area contributed by atoms with Gasteiger partial charge in [0.05, 0.1) is 11.7 Å². The summed E-state index contributed by atoms with van der Waals surface area (Å²) >= 11 is 0. The molecule has 0 aliphatic carbocycles. The molecule has 0 bridgehead atoms. The van der Waals surface area contributed by atoms with Crippen molar-refractivity contribution in [2.75, 3.05) is 18.4 Å². The molecule has 0 saturated carbocycles. The zero-order valence-corrected chi connectivity index (χ0v) is 20.8. The van der Waals surface area contributed by atoms with Crippen molar-refractivity contribution in [3.63, 3.8) is 0 Å². The molecule has 1 atom stereocenters. The van der Waals surface area contributed by atoms with Crippen LogP contribution in [0, 0.1) is 18.6 Å². The van der Waals surface area contributed by atoms with Crippen LogP contribution in [0.3, 0.4) is 0 Å². The minimum atomic E-state index is -0.639. The Morgan fingerprint density at radius 2 is 1.81 bits per heavy atom. The molecule has 0 fully saturated rings. The first-order valence-corrected chi connectivity index (χ1v) is 12.1. The minimum Gasteiger partial charge on any atom is -0.326 e. The summed E-state index contributed by atoms with van der Waals surface area (Å²) in [7, 11) is 0. The summed E-state index contributed by atoms with van der Waals surface area (Å²) in [5.41, 5.74) is 2.29. The van der Waals surface area contributed by atoms with Crippen molar-refractivity contribution in [1.29, 1.82) is 0 Å². The van der Waals surface area contributed by atoms with Crippen molar-refractivity contribution >= 4 is 22.8 Å². The van der Waals surface area contributed by atoms with E-state index in [1.807, 2.05) is 43.7 Å². The smallest absolute Gasteiger partial charge is 0.229 e. The van der Waals surface area contributed by atoms with Gasteiger partial charge in [0.2, 0.25) is 5.95 Å². The van der Waals surface area contributed by atoms with Crippen LogP contribution in [0.2, 0.25) is 0 Å². The number of aromatic nitrogens is 5. The normalized spacial score (nSPS) is 15.1. The van der Waals surface area contributed by atoms with Crippen molar-refractivity contribution in [3.05, 3.63) is 71.8 Å². The van der Waals surface area contributed by atoms with E-state index in [2.05, 4.69) is 49.2 Å². The van der Waals surface area contributed by atoms with Crippen LogP contribution in [0.1, 0.15) is 50.7 Å². The average molecular weight is 490 g/mol. The maximum Gasteiger partial charge on any atom is 0.229 e. The molecule has 4 heterocycles. The van der Waals surface area contributed by atoms with Gasteiger partial charge in [-0.15, -0.1) is 0 Å². The lowest BCUT2D eigenvalue weighted by Gasteiger charge is -2.29. The number of anilines is 2. The van der Waals surface area contributed by atoms with Gasteiger partial charge in [-0.1, -0.05) is 18.2 Å². The fourth-order valence-corrected chi connectivity index (χ4v) is 4.75. The van der Waals surface area contributed by atoms with Crippen LogP contribution in [0.4, 0.5) is 20.5 Å². The van der Waals surface area contributed by atoms with Gasteiger partial charge in [-0.25, -0.2) is 28.7 Å². The molecule has 1 aliphatic heterocycles. The van der Waals surface area contributed by atoms with Gasteiger partial charge < -0.3 is 9.88 Å². The van der Waals surface area contributed by atoms with Gasteiger partial charge in [-0.05, 0) is 57.9 Å². The Morgan fingerprint density at radius 3 is 2.50 bits per heavy atom. The number of fused-ring (bicyclic) bond motifs is 1. The monoisotopic (exact) mass is 489 g/mol. The van der Waals surface area contributed by atoms with Crippen molar-refractivity contribution in [1.82, 2.24) is 29.4 Å². The number of halogens is 2. The fraction of sp³-hybridized carbons (Fsp3) is 0.333. The summed E-state index contributed by atoms with van der Waals surface area (Å²) in [6.45, 7) is 9.94. The molecular weight excluding hydrogens is 460 g/mol. The molecule has 5 rings (SSSR count). The molecular formula is C27H29F2N7. The van der Waals surface area contributed by atoms with E-state index in [9.17, 15) is 8.78 Å². The molecule has 0 unspecified atom stereocenters. The number of rotatable bonds is 6. The average Bonchev–Trinajstić information content (AvgIpc) is 3.22. The molecule has 4 aromatic rings. The van der Waals surface area contributed by atoms with Crippen LogP contribution in [0.15, 0.2) is 48.8 Å². The Kier molecular flexibility index (Phi) is 6.49. The number of imidazole rings is 1. The zero-order valence-electron chi connectivity index (χ0n) is 20.8. The second kappa shape index (κ2) is 9.73. The van der Waals surface area contributed by atoms with E-state index in [1.54, 1.807) is 6.07 Å². The Balaban J connectivity index is 1.42. The van der Waals surface area contributed by atoms with Crippen LogP contribution in [0.25, 0.3) is 22.3 Å². The SMILES string of the molecule is Cc1nc2c(F)cc(-c3nc(Nc4ccc([C@@H](C)N5CC=CCC5)cn4)ncc3F)cc2n1C(C)C. The van der Waals surface area contributed by atoms with Gasteiger partial charge in [0.1, 0.15) is 22.9 Å². The molecule has 0 radical (unpaired) electrons. The molecule has 3 aromatic heterocycles. The van der Waals surface area contributed by atoms with Gasteiger partial charge >= 0.3 is 0 Å². The molecule has 36 heavy (non-hydrogen) atoms. The largest absolute Gasteiger partial charge is 0.326 e. The third-order valence-electron chi connectivity index (χ3n) is 6.60. The highest BCUT2D eigenvalue weighted by Gasteiger charge is 2.19. The number of hydrogen-bond acceptors (Lipinski definition) is 6. The fourth-order valence-electron chi connectivity index (χ4n) is 4.75. The molecule has 0 saturated heterocycles. The lowest BCUT2D eigenvalue weighted by Crippen LogP contribution is -2.30. The highest BCUT2D eigenvalue weighted by molar-refractivity contribution is 5.83. The van der Waals surface area contributed by atoms with Crippen LogP contribution >= 0.6 is 0 Å². The third kappa shape index (κ3) is 4.58. The quantitative estimate of drug-likeness (QED) is 0.329. The maximum absolute atomic E-state index is 14.9. The molecule has 1 N–H and O–H groups in total. The van der Waals surface area contributed by atoms with Gasteiger partial charge in [-0.3, -0.25) is 4.90 Å². The molecule has 0 spiro atoms. The minimum absolute atomic E-state index is 0.00542. The van der Waals surface area contributed by atoms with Gasteiger partial charge in [-0.2, -0.15) is 0 Å². The summed E-state index contributed by atoms with van der Waals surface area (Å²) < 4.78 is 31.6. The standard InChI is InChI=1S/C27H29F2N7/c1-16(2)36-18(4)32-26-21(28)12-20(13-23(26)36)25-22(29)15-31-27(34-25)33-24-9-8-19(14-30-24)17(3)35-10-6-5-7-11-35/h5-6,8-9,12-17H,7,10-11H2,1-4H3,(H,30,31,33,34)/t17-/m1/s1. The first-order valence-electron chi connectivity index (χ1n) is 12.1. The van der Waals surface area contributed by atoms with Crippen molar-refractivity contribution in [2.45, 2.75) is 46.2 Å². The first-order chi connectivity index (χ1) is 17.3. The second-order valence-corrected chi connectivity index (χ2v) is 9.37. The summed E-state index contributed by atoms with van der Waals surface area (Å²) in [6.07, 6.45) is 8.36. The van der Waals surface area contributed by atoms with E-state index in [4.69, 9.17) is 0 Å². The maximum atomic E-state index is 14.9. The van der Waals surface area contributed by atoms with E-state index in [1.165, 1.54) is 6.07 Å². The van der Waals surface area contributed by atoms with E-state index < -0.39 is 11.6 Å². The van der Waals surface area contributed by atoms with Crippen LogP contribution < -0.4 is 5.32 Å². The molecule has 186 valence electrons. The molecule has 1 aromatic carbocycles. The second-order valence-electron chi connectivity index (χ2n) is 9.37. The Bertz CT molecular complexity index is 1430. The van der Waals surface area contributed by atoms with Crippen LogP contribution in [-0.2, 0) is 0 Å². The van der Waals surface area contributed by atoms with E-state index in [0.29, 0.717) is 22.7 Å². The molecule has 9 heteroatoms. The number of aryl methyl sites for hydroxylation is 1. The Labute approximate surface area is 208 Å². The number of nitrogens with one attached hydrogen (secondary N) is 1. The van der Waals surface area contributed by atoms with Gasteiger partial charge in [0, 0.05) is 36.9 Å². The van der Waals surface area contributed by atoms with E-state index >= 15 is 0 Å². The van der Waals surface area contributed by atoms with Crippen molar-refractivity contribution in [2.24, 2.45) is 0 Å². The Morgan fingerprint density at radius 1 is 0.972 bits per heavy atom. The molecule has 1 aliphatic rings. The summed E-state index contributed by atoms with van der Waals surface area (Å²) in [4.78, 5) is 19.7. The van der Waals surface area contributed by atoms with Gasteiger partial charge in [0.15, 0.2) is 11.6 Å². The highest BCUT2D eigenvalue weighted by atomic mass is 19.1. The predicted molar refractivity (Wildman–Crippen MR) is 137 cm³/mol. The lowest BCUT2D eigenvalue weighted by atomic mass is 10.1. The summed E-state index contributed by atoms with van der Waals surface area (Å²) in [6, 6.07) is 7.17. The van der Waals surface area contributed by atoms with E-state index in [-0.39, 0.29) is 29.2 Å². The van der Waals surface area contributed by atoms with Crippen molar-refractivity contribution < 1.29 is 8.78 Å². The molecule has 0 amide bonds. The summed E-state index contributed by atoms with van der Waals surface area (Å²) in [5.74, 6) is 0.252. The molecule has 7 nitrogen and oxygen atoms in total. The predicted octanol–water partition coefficient (Wildman–Crippen LogP) is 6.12. The Hall–Kier alpha value is -3.72. The number of pyridine rings is 1. The van der Waals surface area contributed by atoms with Crippen LogP contribution in [0.5, 0.6) is 0 Å². The third-order valence-corrected chi connectivity index (χ3v) is 6.60. The van der Waals surface area contributed by atoms with Crippen LogP contribution in [-0.4, -0.2) is 42.5 Å². The number of nitrogens with zero attached hydrogens (tertiary/aromatic N) is 6. The zero-order chi connectivity index (χ0) is 25.4. The number of benzene rings is 1. The topological polar surface area (TPSA) is 71.8 Å². The lowest BCUT2D eigenvalue weighted by molar-refractivity contribution is 0.230. The first kappa shape index (κ1) is 24.0.